The van der Waals surface area contributed by atoms with E-state index in [0.29, 0.717) is 6.42 Å². The largest absolute Gasteiger partial charge is 0.508 e. The topological polar surface area (TPSA) is 49.3 Å². The summed E-state index contributed by atoms with van der Waals surface area (Å²) in [5.41, 5.74) is 1.05. The molecule has 1 amide bonds. The van der Waals surface area contributed by atoms with Gasteiger partial charge < -0.3 is 10.4 Å². The average Bonchev–Trinajstić information content (AvgIpc) is 2.20. The lowest BCUT2D eigenvalue weighted by Gasteiger charge is -2.09. The molecule has 1 atom stereocenters. The van der Waals surface area contributed by atoms with E-state index < -0.39 is 0 Å². The van der Waals surface area contributed by atoms with E-state index in [9.17, 15) is 4.79 Å². The number of aromatic hydroxyl groups is 1. The van der Waals surface area contributed by atoms with Crippen LogP contribution in [0.3, 0.4) is 0 Å². The molecular formula is C11H15NO2. The Bertz CT molecular complexity index is 306. The third-order valence-corrected chi connectivity index (χ3v) is 2.17. The molecule has 2 N–H and O–H groups in total. The predicted molar refractivity (Wildman–Crippen MR) is 55.0 cm³/mol. The molecule has 0 bridgehead atoms. The summed E-state index contributed by atoms with van der Waals surface area (Å²) >= 11 is 0. The molecule has 0 aromatic heterocycles. The molecule has 0 aliphatic heterocycles. The van der Waals surface area contributed by atoms with Crippen molar-refractivity contribution in [1.29, 1.82) is 0 Å². The number of carbonyl (C=O) groups is 1. The zero-order chi connectivity index (χ0) is 10.6. The Labute approximate surface area is 83.8 Å². The standard InChI is InChI=1S/C11H15NO2/c1-8(11(14)12-2)7-9-3-5-10(13)6-4-9/h3-6,8,13H,7H2,1-2H3,(H,12,14)/t8-/m0/s1. The van der Waals surface area contributed by atoms with Gasteiger partial charge >= 0.3 is 0 Å². The van der Waals surface area contributed by atoms with Gasteiger partial charge in [0.25, 0.3) is 0 Å². The van der Waals surface area contributed by atoms with Crippen LogP contribution in [0.1, 0.15) is 12.5 Å². The van der Waals surface area contributed by atoms with E-state index in [-0.39, 0.29) is 17.6 Å². The summed E-state index contributed by atoms with van der Waals surface area (Å²) in [6.45, 7) is 1.88. The van der Waals surface area contributed by atoms with Gasteiger partial charge in [0, 0.05) is 13.0 Å². The van der Waals surface area contributed by atoms with Crippen LogP contribution in [-0.2, 0) is 11.2 Å². The second kappa shape index (κ2) is 4.65. The molecule has 0 saturated carbocycles. The minimum absolute atomic E-state index is 0.0375. The van der Waals surface area contributed by atoms with Crippen molar-refractivity contribution in [3.05, 3.63) is 29.8 Å². The van der Waals surface area contributed by atoms with Crippen molar-refractivity contribution in [2.75, 3.05) is 7.05 Å². The minimum Gasteiger partial charge on any atom is -0.508 e. The van der Waals surface area contributed by atoms with Gasteiger partial charge in [-0.2, -0.15) is 0 Å². The molecule has 1 aromatic carbocycles. The van der Waals surface area contributed by atoms with Gasteiger partial charge in [-0.1, -0.05) is 19.1 Å². The number of hydrogen-bond donors (Lipinski definition) is 2. The van der Waals surface area contributed by atoms with Crippen LogP contribution in [0.5, 0.6) is 5.75 Å². The van der Waals surface area contributed by atoms with Gasteiger partial charge in [0.15, 0.2) is 0 Å². The summed E-state index contributed by atoms with van der Waals surface area (Å²) in [4.78, 5) is 11.2. The first kappa shape index (κ1) is 10.6. The summed E-state index contributed by atoms with van der Waals surface area (Å²) in [5.74, 6) is 0.254. The summed E-state index contributed by atoms with van der Waals surface area (Å²) < 4.78 is 0. The summed E-state index contributed by atoms with van der Waals surface area (Å²) in [6, 6.07) is 6.92. The van der Waals surface area contributed by atoms with Crippen LogP contribution in [0.15, 0.2) is 24.3 Å². The predicted octanol–water partition coefficient (Wildman–Crippen LogP) is 1.32. The molecule has 0 unspecified atom stereocenters. The highest BCUT2D eigenvalue weighted by Crippen LogP contribution is 2.13. The maximum Gasteiger partial charge on any atom is 0.222 e. The number of rotatable bonds is 3. The Morgan fingerprint density at radius 2 is 2.00 bits per heavy atom. The minimum atomic E-state index is -0.0375. The number of amides is 1. The molecule has 3 nitrogen and oxygen atoms in total. The van der Waals surface area contributed by atoms with Gasteiger partial charge in [0.2, 0.25) is 5.91 Å². The lowest BCUT2D eigenvalue weighted by molar-refractivity contribution is -0.123. The zero-order valence-electron chi connectivity index (χ0n) is 8.45. The number of nitrogens with one attached hydrogen (secondary N) is 1. The van der Waals surface area contributed by atoms with Gasteiger partial charge in [-0.3, -0.25) is 4.79 Å². The van der Waals surface area contributed by atoms with E-state index in [0.717, 1.165) is 5.56 Å². The SMILES string of the molecule is CNC(=O)[C@@H](C)Cc1ccc(O)cc1. The van der Waals surface area contributed by atoms with Crippen LogP contribution < -0.4 is 5.32 Å². The first-order valence-corrected chi connectivity index (χ1v) is 4.63. The molecule has 0 fully saturated rings. The Morgan fingerprint density at radius 3 is 2.50 bits per heavy atom. The fourth-order valence-electron chi connectivity index (χ4n) is 1.32. The molecule has 1 rings (SSSR count). The van der Waals surface area contributed by atoms with Crippen LogP contribution in [0.25, 0.3) is 0 Å². The Balaban J connectivity index is 2.60. The number of hydrogen-bond acceptors (Lipinski definition) is 2. The second-order valence-corrected chi connectivity index (χ2v) is 3.39. The molecule has 0 spiro atoms. The van der Waals surface area contributed by atoms with Crippen molar-refractivity contribution in [1.82, 2.24) is 5.32 Å². The van der Waals surface area contributed by atoms with E-state index in [2.05, 4.69) is 5.32 Å². The maximum atomic E-state index is 11.2. The third kappa shape index (κ3) is 2.76. The quantitative estimate of drug-likeness (QED) is 0.760. The monoisotopic (exact) mass is 193 g/mol. The molecular weight excluding hydrogens is 178 g/mol. The maximum absolute atomic E-state index is 11.2. The van der Waals surface area contributed by atoms with Crippen LogP contribution in [-0.4, -0.2) is 18.1 Å². The third-order valence-electron chi connectivity index (χ3n) is 2.17. The number of phenols is 1. The van der Waals surface area contributed by atoms with E-state index in [4.69, 9.17) is 5.11 Å². The number of benzene rings is 1. The van der Waals surface area contributed by atoms with Crippen molar-refractivity contribution in [2.45, 2.75) is 13.3 Å². The molecule has 1 aromatic rings. The highest BCUT2D eigenvalue weighted by Gasteiger charge is 2.11. The van der Waals surface area contributed by atoms with Gasteiger partial charge in [-0.15, -0.1) is 0 Å². The van der Waals surface area contributed by atoms with Crippen LogP contribution in [0.2, 0.25) is 0 Å². The first-order chi connectivity index (χ1) is 6.63. The van der Waals surface area contributed by atoms with Crippen LogP contribution in [0, 0.1) is 5.92 Å². The van der Waals surface area contributed by atoms with Gasteiger partial charge in [-0.05, 0) is 24.1 Å². The molecule has 0 aliphatic carbocycles. The second-order valence-electron chi connectivity index (χ2n) is 3.39. The molecule has 0 aliphatic rings. The van der Waals surface area contributed by atoms with E-state index >= 15 is 0 Å². The zero-order valence-corrected chi connectivity index (χ0v) is 8.45. The highest BCUT2D eigenvalue weighted by atomic mass is 16.3. The van der Waals surface area contributed by atoms with Gasteiger partial charge in [0.05, 0.1) is 0 Å². The Hall–Kier alpha value is -1.51. The molecule has 3 heteroatoms. The summed E-state index contributed by atoms with van der Waals surface area (Å²) in [7, 11) is 1.63. The fourth-order valence-corrected chi connectivity index (χ4v) is 1.32. The highest BCUT2D eigenvalue weighted by molar-refractivity contribution is 5.78. The molecule has 0 heterocycles. The Morgan fingerprint density at radius 1 is 1.43 bits per heavy atom. The molecule has 76 valence electrons. The van der Waals surface area contributed by atoms with E-state index in [1.807, 2.05) is 19.1 Å². The van der Waals surface area contributed by atoms with Crippen molar-refractivity contribution < 1.29 is 9.90 Å². The normalized spacial score (nSPS) is 12.1. The van der Waals surface area contributed by atoms with Gasteiger partial charge in [-0.25, -0.2) is 0 Å². The van der Waals surface area contributed by atoms with Crippen molar-refractivity contribution in [3.8, 4) is 5.75 Å². The van der Waals surface area contributed by atoms with Gasteiger partial charge in [0.1, 0.15) is 5.75 Å². The van der Waals surface area contributed by atoms with Crippen LogP contribution in [0.4, 0.5) is 0 Å². The lowest BCUT2D eigenvalue weighted by atomic mass is 10.0. The summed E-state index contributed by atoms with van der Waals surface area (Å²) in [5, 5.41) is 11.7. The number of phenolic OH excluding ortho intramolecular Hbond substituents is 1. The smallest absolute Gasteiger partial charge is 0.222 e. The summed E-state index contributed by atoms with van der Waals surface area (Å²) in [6.07, 6.45) is 0.694. The molecule has 14 heavy (non-hydrogen) atoms. The fraction of sp³-hybridized carbons (Fsp3) is 0.364. The first-order valence-electron chi connectivity index (χ1n) is 4.63. The van der Waals surface area contributed by atoms with Crippen LogP contribution >= 0.6 is 0 Å². The average molecular weight is 193 g/mol. The van der Waals surface area contributed by atoms with Crippen molar-refractivity contribution >= 4 is 5.91 Å². The molecule has 0 radical (unpaired) electrons. The van der Waals surface area contributed by atoms with E-state index in [1.54, 1.807) is 19.2 Å². The van der Waals surface area contributed by atoms with Crippen molar-refractivity contribution in [2.24, 2.45) is 5.92 Å². The number of carbonyl (C=O) groups excluding carboxylic acids is 1. The molecule has 0 saturated heterocycles. The lowest BCUT2D eigenvalue weighted by Crippen LogP contribution is -2.26. The Kier molecular flexibility index (Phi) is 3.51. The van der Waals surface area contributed by atoms with Crippen molar-refractivity contribution in [3.63, 3.8) is 0 Å². The van der Waals surface area contributed by atoms with E-state index in [1.165, 1.54) is 0 Å².